The van der Waals surface area contributed by atoms with E-state index in [0.717, 1.165) is 64.3 Å². The van der Waals surface area contributed by atoms with Crippen molar-refractivity contribution in [1.82, 2.24) is 9.80 Å². The molecule has 1 aromatic carbocycles. The smallest absolute Gasteiger partial charge is 0.223 e. The number of carbonyl (C=O) groups excluding carboxylic acids is 1. The first kappa shape index (κ1) is 21.3. The van der Waals surface area contributed by atoms with Crippen LogP contribution in [0.2, 0.25) is 0 Å². The highest BCUT2D eigenvalue weighted by Gasteiger charge is 2.28. The number of carbonyl (C=O) groups is 1. The monoisotopic (exact) mass is 390 g/mol. The normalized spacial score (nSPS) is 20.5. The Morgan fingerprint density at radius 1 is 1.18 bits per heavy atom. The highest BCUT2D eigenvalue weighted by Crippen LogP contribution is 2.30. The maximum Gasteiger partial charge on any atom is 0.223 e. The summed E-state index contributed by atoms with van der Waals surface area (Å²) in [6.07, 6.45) is 2.69. The zero-order valence-electron chi connectivity index (χ0n) is 17.6. The van der Waals surface area contributed by atoms with Crippen LogP contribution in [0.15, 0.2) is 18.2 Å². The summed E-state index contributed by atoms with van der Waals surface area (Å²) in [7, 11) is 0. The Balaban J connectivity index is 1.52. The standard InChI is InChI=1S/C23H35FN2O2/c1-17(2)21(20-4-5-22(24)18(3)14-20)15-23(27)26-8-6-19(7-9-26)16-25-10-12-28-13-11-25/h4-5,14,17,19,21H,6-13,15-16H2,1-3H3. The molecule has 5 heteroatoms. The average Bonchev–Trinajstić information content (AvgIpc) is 2.69. The molecule has 0 radical (unpaired) electrons. The van der Waals surface area contributed by atoms with Crippen LogP contribution in [-0.2, 0) is 9.53 Å². The molecule has 1 atom stereocenters. The number of benzene rings is 1. The van der Waals surface area contributed by atoms with Crippen molar-refractivity contribution in [2.75, 3.05) is 45.9 Å². The number of ether oxygens (including phenoxy) is 1. The van der Waals surface area contributed by atoms with Gasteiger partial charge < -0.3 is 9.64 Å². The van der Waals surface area contributed by atoms with Gasteiger partial charge in [0.25, 0.3) is 0 Å². The molecular formula is C23H35FN2O2. The maximum atomic E-state index is 13.6. The molecule has 1 amide bonds. The van der Waals surface area contributed by atoms with Crippen LogP contribution in [0.1, 0.15) is 50.2 Å². The number of piperidine rings is 1. The third kappa shape index (κ3) is 5.54. The number of aryl methyl sites for hydroxylation is 1. The van der Waals surface area contributed by atoms with Crippen LogP contribution in [-0.4, -0.2) is 61.6 Å². The molecule has 0 aromatic heterocycles. The molecule has 0 N–H and O–H groups in total. The summed E-state index contributed by atoms with van der Waals surface area (Å²) in [5, 5.41) is 0. The van der Waals surface area contributed by atoms with Crippen molar-refractivity contribution in [2.24, 2.45) is 11.8 Å². The number of hydrogen-bond acceptors (Lipinski definition) is 3. The molecule has 1 unspecified atom stereocenters. The minimum absolute atomic E-state index is 0.137. The van der Waals surface area contributed by atoms with Gasteiger partial charge in [0.2, 0.25) is 5.91 Å². The lowest BCUT2D eigenvalue weighted by Gasteiger charge is -2.36. The van der Waals surface area contributed by atoms with Gasteiger partial charge in [-0.1, -0.05) is 26.0 Å². The Morgan fingerprint density at radius 2 is 1.86 bits per heavy atom. The summed E-state index contributed by atoms with van der Waals surface area (Å²) in [5.74, 6) is 1.22. The van der Waals surface area contributed by atoms with Gasteiger partial charge in [0, 0.05) is 39.1 Å². The Labute approximate surface area is 169 Å². The molecule has 2 aliphatic rings. The number of morpholine rings is 1. The first-order chi connectivity index (χ1) is 13.4. The van der Waals surface area contributed by atoms with E-state index in [9.17, 15) is 9.18 Å². The lowest BCUT2D eigenvalue weighted by molar-refractivity contribution is -0.133. The van der Waals surface area contributed by atoms with Crippen molar-refractivity contribution in [3.63, 3.8) is 0 Å². The molecule has 0 spiro atoms. The van der Waals surface area contributed by atoms with E-state index in [2.05, 4.69) is 18.7 Å². The first-order valence-electron chi connectivity index (χ1n) is 10.8. The van der Waals surface area contributed by atoms with Gasteiger partial charge in [-0.25, -0.2) is 4.39 Å². The number of nitrogens with zero attached hydrogens (tertiary/aromatic N) is 2. The number of rotatable bonds is 6. The highest BCUT2D eigenvalue weighted by atomic mass is 19.1. The minimum atomic E-state index is -0.181. The van der Waals surface area contributed by atoms with E-state index >= 15 is 0 Å². The van der Waals surface area contributed by atoms with Crippen molar-refractivity contribution >= 4 is 5.91 Å². The van der Waals surface area contributed by atoms with Crippen LogP contribution in [0.3, 0.4) is 0 Å². The quantitative estimate of drug-likeness (QED) is 0.740. The SMILES string of the molecule is Cc1cc(C(CC(=O)N2CCC(CN3CCOCC3)CC2)C(C)C)ccc1F. The number of likely N-dealkylation sites (tertiary alicyclic amines) is 1. The van der Waals surface area contributed by atoms with Crippen molar-refractivity contribution in [1.29, 1.82) is 0 Å². The zero-order valence-corrected chi connectivity index (χ0v) is 17.6. The van der Waals surface area contributed by atoms with Crippen LogP contribution in [0.25, 0.3) is 0 Å². The largest absolute Gasteiger partial charge is 0.379 e. The van der Waals surface area contributed by atoms with Gasteiger partial charge in [0.15, 0.2) is 0 Å². The number of hydrogen-bond donors (Lipinski definition) is 0. The second-order valence-electron chi connectivity index (χ2n) is 8.80. The van der Waals surface area contributed by atoms with Crippen molar-refractivity contribution < 1.29 is 13.9 Å². The summed E-state index contributed by atoms with van der Waals surface area (Å²) >= 11 is 0. The number of halogens is 1. The second-order valence-corrected chi connectivity index (χ2v) is 8.80. The molecule has 0 aliphatic carbocycles. The minimum Gasteiger partial charge on any atom is -0.379 e. The van der Waals surface area contributed by atoms with Crippen LogP contribution in [0.5, 0.6) is 0 Å². The molecule has 28 heavy (non-hydrogen) atoms. The van der Waals surface area contributed by atoms with Gasteiger partial charge >= 0.3 is 0 Å². The van der Waals surface area contributed by atoms with Gasteiger partial charge in [-0.05, 0) is 54.7 Å². The predicted molar refractivity (Wildman–Crippen MR) is 110 cm³/mol. The zero-order chi connectivity index (χ0) is 20.1. The topological polar surface area (TPSA) is 32.8 Å². The molecule has 2 saturated heterocycles. The van der Waals surface area contributed by atoms with Crippen molar-refractivity contribution in [2.45, 2.75) is 46.0 Å². The fourth-order valence-corrected chi connectivity index (χ4v) is 4.47. The Kier molecular flexibility index (Phi) is 7.47. The van der Waals surface area contributed by atoms with Gasteiger partial charge in [0.1, 0.15) is 5.82 Å². The Hall–Kier alpha value is -1.46. The van der Waals surface area contributed by atoms with E-state index in [1.54, 1.807) is 6.92 Å². The molecule has 3 rings (SSSR count). The highest BCUT2D eigenvalue weighted by molar-refractivity contribution is 5.77. The molecule has 156 valence electrons. The summed E-state index contributed by atoms with van der Waals surface area (Å²) in [5.41, 5.74) is 1.73. The molecule has 2 heterocycles. The molecule has 2 aliphatic heterocycles. The molecule has 1 aromatic rings. The van der Waals surface area contributed by atoms with Gasteiger partial charge in [0.05, 0.1) is 13.2 Å². The predicted octanol–water partition coefficient (Wildman–Crippen LogP) is 3.83. The third-order valence-electron chi connectivity index (χ3n) is 6.40. The summed E-state index contributed by atoms with van der Waals surface area (Å²) in [4.78, 5) is 17.5. The van der Waals surface area contributed by atoms with Crippen molar-refractivity contribution in [3.05, 3.63) is 35.1 Å². The molecule has 0 bridgehead atoms. The van der Waals surface area contributed by atoms with Crippen LogP contribution in [0.4, 0.5) is 4.39 Å². The molecule has 4 nitrogen and oxygen atoms in total. The fraction of sp³-hybridized carbons (Fsp3) is 0.696. The van der Waals surface area contributed by atoms with Crippen molar-refractivity contribution in [3.8, 4) is 0 Å². The van der Waals surface area contributed by atoms with E-state index in [1.165, 1.54) is 6.07 Å². The lowest BCUT2D eigenvalue weighted by Crippen LogP contribution is -2.44. The van der Waals surface area contributed by atoms with Crippen LogP contribution < -0.4 is 0 Å². The van der Waals surface area contributed by atoms with Gasteiger partial charge in [-0.3, -0.25) is 9.69 Å². The summed E-state index contributed by atoms with van der Waals surface area (Å²) in [6, 6.07) is 5.28. The molecule has 0 saturated carbocycles. The summed E-state index contributed by atoms with van der Waals surface area (Å²) < 4.78 is 19.1. The lowest BCUT2D eigenvalue weighted by atomic mass is 9.84. The molecule has 2 fully saturated rings. The van der Waals surface area contributed by atoms with E-state index in [0.29, 0.717) is 23.8 Å². The second kappa shape index (κ2) is 9.84. The average molecular weight is 391 g/mol. The van der Waals surface area contributed by atoms with Crippen LogP contribution >= 0.6 is 0 Å². The molecular weight excluding hydrogens is 355 g/mol. The van der Waals surface area contributed by atoms with Gasteiger partial charge in [-0.2, -0.15) is 0 Å². The Bertz CT molecular complexity index is 650. The van der Waals surface area contributed by atoms with Crippen LogP contribution in [0, 0.1) is 24.6 Å². The van der Waals surface area contributed by atoms with E-state index in [1.807, 2.05) is 17.0 Å². The Morgan fingerprint density at radius 3 is 2.46 bits per heavy atom. The third-order valence-corrected chi connectivity index (χ3v) is 6.40. The first-order valence-corrected chi connectivity index (χ1v) is 10.8. The summed E-state index contributed by atoms with van der Waals surface area (Å²) in [6.45, 7) is 12.7. The van der Waals surface area contributed by atoms with Gasteiger partial charge in [-0.15, -0.1) is 0 Å². The number of amides is 1. The van der Waals surface area contributed by atoms with E-state index in [-0.39, 0.29) is 17.6 Å². The maximum absolute atomic E-state index is 13.6. The van der Waals surface area contributed by atoms with E-state index in [4.69, 9.17) is 4.74 Å². The fourth-order valence-electron chi connectivity index (χ4n) is 4.47. The van der Waals surface area contributed by atoms with E-state index < -0.39 is 0 Å².